The molecule has 0 aliphatic rings. The first-order valence-electron chi connectivity index (χ1n) is 4.79. The fourth-order valence-electron chi connectivity index (χ4n) is 1.04. The maximum Gasteiger partial charge on any atom is 0.297 e. The van der Waals surface area contributed by atoms with Crippen molar-refractivity contribution in [1.29, 1.82) is 0 Å². The normalized spacial score (nSPS) is 13.2. The quantitative estimate of drug-likeness (QED) is 0.413. The first-order chi connectivity index (χ1) is 8.36. The molecule has 0 amide bonds. The van der Waals surface area contributed by atoms with Gasteiger partial charge in [-0.15, -0.1) is 0 Å². The maximum atomic E-state index is 11.6. The third kappa shape index (κ3) is 3.74. The van der Waals surface area contributed by atoms with Crippen LogP contribution in [0.25, 0.3) is 0 Å². The fourth-order valence-corrected chi connectivity index (χ4v) is 2.02. The Morgan fingerprint density at radius 3 is 2.67 bits per heavy atom. The first kappa shape index (κ1) is 14.5. The van der Waals surface area contributed by atoms with Crippen molar-refractivity contribution in [3.63, 3.8) is 0 Å². The molecule has 0 bridgehead atoms. The molecule has 0 aliphatic carbocycles. The SMILES string of the molecule is O=[N+]([O-])c1cccc(S(=O)(=O)OC[C@H](O)CO)c1. The van der Waals surface area contributed by atoms with Crippen LogP contribution in [0.1, 0.15) is 0 Å². The van der Waals surface area contributed by atoms with Crippen molar-refractivity contribution in [1.82, 2.24) is 0 Å². The molecule has 1 rings (SSSR count). The Labute approximate surface area is 103 Å². The highest BCUT2D eigenvalue weighted by Gasteiger charge is 2.19. The second-order valence-electron chi connectivity index (χ2n) is 3.33. The average molecular weight is 277 g/mol. The molecule has 0 fully saturated rings. The van der Waals surface area contributed by atoms with E-state index in [1.54, 1.807) is 0 Å². The number of hydrogen-bond donors (Lipinski definition) is 2. The molecule has 0 saturated heterocycles. The minimum atomic E-state index is -4.20. The molecular formula is C9H11NO7S. The summed E-state index contributed by atoms with van der Waals surface area (Å²) in [4.78, 5) is 9.37. The highest BCUT2D eigenvalue weighted by Crippen LogP contribution is 2.19. The van der Waals surface area contributed by atoms with Gasteiger partial charge in [-0.3, -0.25) is 14.3 Å². The number of rotatable bonds is 6. The largest absolute Gasteiger partial charge is 0.394 e. The van der Waals surface area contributed by atoms with Crippen molar-refractivity contribution < 1.29 is 27.7 Å². The van der Waals surface area contributed by atoms with Gasteiger partial charge in [0.15, 0.2) is 0 Å². The molecule has 1 atom stereocenters. The molecule has 8 nitrogen and oxygen atoms in total. The van der Waals surface area contributed by atoms with E-state index in [0.717, 1.165) is 18.2 Å². The summed E-state index contributed by atoms with van der Waals surface area (Å²) in [5, 5.41) is 28.0. The van der Waals surface area contributed by atoms with Gasteiger partial charge in [-0.25, -0.2) is 0 Å². The molecule has 0 aliphatic heterocycles. The van der Waals surface area contributed by atoms with Crippen molar-refractivity contribution >= 4 is 15.8 Å². The highest BCUT2D eigenvalue weighted by molar-refractivity contribution is 7.86. The van der Waals surface area contributed by atoms with Crippen molar-refractivity contribution in [2.24, 2.45) is 0 Å². The zero-order valence-electron chi connectivity index (χ0n) is 9.09. The molecule has 0 spiro atoms. The molecule has 9 heteroatoms. The minimum Gasteiger partial charge on any atom is -0.394 e. The van der Waals surface area contributed by atoms with E-state index in [2.05, 4.69) is 4.18 Å². The third-order valence-corrected chi connectivity index (χ3v) is 3.22. The summed E-state index contributed by atoms with van der Waals surface area (Å²) in [6.07, 6.45) is -1.33. The number of nitro benzene ring substituents is 1. The zero-order valence-corrected chi connectivity index (χ0v) is 9.91. The molecule has 0 radical (unpaired) electrons. The van der Waals surface area contributed by atoms with Crippen LogP contribution < -0.4 is 0 Å². The van der Waals surface area contributed by atoms with Gasteiger partial charge in [0, 0.05) is 12.1 Å². The molecule has 1 aromatic carbocycles. The molecule has 2 N–H and O–H groups in total. The van der Waals surface area contributed by atoms with Crippen LogP contribution in [-0.2, 0) is 14.3 Å². The van der Waals surface area contributed by atoms with E-state index in [0.29, 0.717) is 0 Å². The number of aliphatic hydroxyl groups excluding tert-OH is 2. The molecule has 0 heterocycles. The summed E-state index contributed by atoms with van der Waals surface area (Å²) >= 11 is 0. The van der Waals surface area contributed by atoms with Gasteiger partial charge in [-0.2, -0.15) is 8.42 Å². The van der Waals surface area contributed by atoms with Crippen LogP contribution in [0.4, 0.5) is 5.69 Å². The Kier molecular flexibility index (Phi) is 4.73. The van der Waals surface area contributed by atoms with Gasteiger partial charge in [0.25, 0.3) is 15.8 Å². The summed E-state index contributed by atoms with van der Waals surface area (Å²) in [7, 11) is -4.20. The molecule has 1 aromatic rings. The lowest BCUT2D eigenvalue weighted by molar-refractivity contribution is -0.385. The van der Waals surface area contributed by atoms with Gasteiger partial charge in [-0.1, -0.05) is 6.07 Å². The molecule has 0 aromatic heterocycles. The number of nitrogens with zero attached hydrogens (tertiary/aromatic N) is 1. The Hall–Kier alpha value is -1.55. The standard InChI is InChI=1S/C9H11NO7S/c11-5-8(12)6-17-18(15,16)9-3-1-2-7(4-9)10(13)14/h1-4,8,11-12H,5-6H2/t8-/m1/s1. The van der Waals surface area contributed by atoms with Crippen LogP contribution in [0.3, 0.4) is 0 Å². The molecule has 0 unspecified atom stereocenters. The summed E-state index contributed by atoms with van der Waals surface area (Å²) in [6, 6.07) is 4.33. The van der Waals surface area contributed by atoms with Crippen LogP contribution >= 0.6 is 0 Å². The highest BCUT2D eigenvalue weighted by atomic mass is 32.2. The van der Waals surface area contributed by atoms with E-state index in [9.17, 15) is 18.5 Å². The molecule has 0 saturated carbocycles. The lowest BCUT2D eigenvalue weighted by atomic mass is 10.3. The van der Waals surface area contributed by atoms with Gasteiger partial charge in [0.05, 0.1) is 18.1 Å². The van der Waals surface area contributed by atoms with Crippen LogP contribution in [0.5, 0.6) is 0 Å². The van der Waals surface area contributed by atoms with Gasteiger partial charge in [-0.05, 0) is 6.07 Å². The fraction of sp³-hybridized carbons (Fsp3) is 0.333. The van der Waals surface area contributed by atoms with Crippen molar-refractivity contribution in [3.8, 4) is 0 Å². The molecule has 100 valence electrons. The summed E-state index contributed by atoms with van der Waals surface area (Å²) < 4.78 is 27.6. The zero-order chi connectivity index (χ0) is 13.8. The summed E-state index contributed by atoms with van der Waals surface area (Å²) in [5.74, 6) is 0. The lowest BCUT2D eigenvalue weighted by Gasteiger charge is -2.08. The Balaban J connectivity index is 2.91. The van der Waals surface area contributed by atoms with E-state index >= 15 is 0 Å². The number of hydrogen-bond acceptors (Lipinski definition) is 7. The Morgan fingerprint density at radius 1 is 1.44 bits per heavy atom. The first-order valence-corrected chi connectivity index (χ1v) is 6.20. The van der Waals surface area contributed by atoms with E-state index < -0.39 is 34.4 Å². The van der Waals surface area contributed by atoms with Crippen LogP contribution in [0.15, 0.2) is 29.2 Å². The average Bonchev–Trinajstić information content (AvgIpc) is 2.36. The number of aliphatic hydroxyl groups is 2. The van der Waals surface area contributed by atoms with E-state index in [1.807, 2.05) is 0 Å². The van der Waals surface area contributed by atoms with Gasteiger partial charge < -0.3 is 10.2 Å². The van der Waals surface area contributed by atoms with Gasteiger partial charge in [0.1, 0.15) is 11.0 Å². The van der Waals surface area contributed by atoms with Crippen LogP contribution in [-0.4, -0.2) is 42.9 Å². The topological polar surface area (TPSA) is 127 Å². The second-order valence-corrected chi connectivity index (χ2v) is 4.94. The Bertz CT molecular complexity index is 527. The molecule has 18 heavy (non-hydrogen) atoms. The minimum absolute atomic E-state index is 0.387. The molecular weight excluding hydrogens is 266 g/mol. The second kappa shape index (κ2) is 5.87. The lowest BCUT2D eigenvalue weighted by Crippen LogP contribution is -2.22. The van der Waals surface area contributed by atoms with E-state index in [4.69, 9.17) is 10.2 Å². The van der Waals surface area contributed by atoms with E-state index in [-0.39, 0.29) is 10.6 Å². The van der Waals surface area contributed by atoms with E-state index in [1.165, 1.54) is 6.07 Å². The monoisotopic (exact) mass is 277 g/mol. The number of nitro groups is 1. The third-order valence-electron chi connectivity index (χ3n) is 1.94. The summed E-state index contributed by atoms with van der Waals surface area (Å²) in [6.45, 7) is -1.27. The predicted octanol–water partition coefficient (Wildman–Crippen LogP) is -0.347. The number of non-ortho nitro benzene ring substituents is 1. The predicted molar refractivity (Wildman–Crippen MR) is 59.3 cm³/mol. The number of benzene rings is 1. The summed E-state index contributed by atoms with van der Waals surface area (Å²) in [5.41, 5.74) is -0.387. The van der Waals surface area contributed by atoms with Crippen LogP contribution in [0, 0.1) is 10.1 Å². The maximum absolute atomic E-state index is 11.6. The van der Waals surface area contributed by atoms with Crippen molar-refractivity contribution in [3.05, 3.63) is 34.4 Å². The van der Waals surface area contributed by atoms with Crippen LogP contribution in [0.2, 0.25) is 0 Å². The Morgan fingerprint density at radius 2 is 2.11 bits per heavy atom. The van der Waals surface area contributed by atoms with Crippen molar-refractivity contribution in [2.45, 2.75) is 11.0 Å². The smallest absolute Gasteiger partial charge is 0.297 e. The van der Waals surface area contributed by atoms with Gasteiger partial charge in [0.2, 0.25) is 0 Å². The van der Waals surface area contributed by atoms with Gasteiger partial charge >= 0.3 is 0 Å². The van der Waals surface area contributed by atoms with Crippen molar-refractivity contribution in [2.75, 3.05) is 13.2 Å².